The summed E-state index contributed by atoms with van der Waals surface area (Å²) in [7, 11) is -3.54. The van der Waals surface area contributed by atoms with Gasteiger partial charge in [-0.1, -0.05) is 24.6 Å². The molecule has 1 aromatic rings. The molecule has 1 aliphatic rings. The Morgan fingerprint density at radius 2 is 1.96 bits per heavy atom. The van der Waals surface area contributed by atoms with Crippen LogP contribution in [0.1, 0.15) is 32.6 Å². The number of hydrogen-bond acceptors (Lipinski definition) is 4. The predicted molar refractivity (Wildman–Crippen MR) is 93.3 cm³/mol. The topological polar surface area (TPSA) is 83.7 Å². The first-order valence-electron chi connectivity index (χ1n) is 8.34. The van der Waals surface area contributed by atoms with Crippen molar-refractivity contribution in [3.8, 4) is 0 Å². The summed E-state index contributed by atoms with van der Waals surface area (Å²) >= 11 is 0. The highest BCUT2D eigenvalue weighted by Crippen LogP contribution is 2.26. The minimum Gasteiger partial charge on any atom is -0.339 e. The first kappa shape index (κ1) is 18.9. The molecule has 1 aliphatic heterocycles. The van der Waals surface area contributed by atoms with Crippen LogP contribution in [0.15, 0.2) is 35.2 Å². The fourth-order valence-corrected chi connectivity index (χ4v) is 4.37. The van der Waals surface area contributed by atoms with Crippen LogP contribution in [-0.2, 0) is 14.8 Å². The van der Waals surface area contributed by atoms with Gasteiger partial charge in [-0.15, -0.1) is 0 Å². The van der Waals surface area contributed by atoms with Gasteiger partial charge in [0.25, 0.3) is 0 Å². The first-order chi connectivity index (χ1) is 11.5. The molecule has 0 bridgehead atoms. The number of rotatable bonds is 8. The lowest BCUT2D eigenvalue weighted by atomic mass is 10.1. The molecule has 1 radical (unpaired) electrons. The lowest BCUT2D eigenvalue weighted by molar-refractivity contribution is -0.130. The molecule has 1 amide bonds. The van der Waals surface area contributed by atoms with E-state index in [2.05, 4.69) is 0 Å². The van der Waals surface area contributed by atoms with E-state index in [9.17, 15) is 13.2 Å². The number of nitrogens with zero attached hydrogens (tertiary/aromatic N) is 2. The lowest BCUT2D eigenvalue weighted by Gasteiger charge is -2.28. The molecule has 2 N–H and O–H groups in total. The molecule has 133 valence electrons. The molecule has 2 rings (SSSR count). The van der Waals surface area contributed by atoms with Gasteiger partial charge in [0, 0.05) is 32.6 Å². The van der Waals surface area contributed by atoms with Crippen molar-refractivity contribution in [2.45, 2.75) is 43.5 Å². The van der Waals surface area contributed by atoms with E-state index < -0.39 is 10.0 Å². The molecule has 0 aromatic heterocycles. The highest BCUT2D eigenvalue weighted by Gasteiger charge is 2.36. The third-order valence-electron chi connectivity index (χ3n) is 4.27. The normalized spacial score (nSPS) is 18.7. The molecule has 1 aromatic carbocycles. The molecule has 1 heterocycles. The molecular weight excluding hydrogens is 326 g/mol. The van der Waals surface area contributed by atoms with Crippen molar-refractivity contribution in [2.24, 2.45) is 5.73 Å². The SMILES string of the molecule is CC(=O)N(CCCCCN)C1C[CH]N(S(=O)(=O)c2ccccc2)C1. The minimum absolute atomic E-state index is 0.0138. The van der Waals surface area contributed by atoms with Gasteiger partial charge in [0.15, 0.2) is 0 Å². The van der Waals surface area contributed by atoms with E-state index in [0.29, 0.717) is 26.1 Å². The zero-order chi connectivity index (χ0) is 17.6. The number of nitrogens with two attached hydrogens (primary N) is 1. The van der Waals surface area contributed by atoms with E-state index in [1.54, 1.807) is 41.8 Å². The Kier molecular flexibility index (Phi) is 6.77. The molecule has 0 saturated carbocycles. The second-order valence-corrected chi connectivity index (χ2v) is 7.91. The molecule has 6 nitrogen and oxygen atoms in total. The number of unbranched alkanes of at least 4 members (excludes halogenated alkanes) is 2. The van der Waals surface area contributed by atoms with Crippen LogP contribution in [0.2, 0.25) is 0 Å². The highest BCUT2D eigenvalue weighted by molar-refractivity contribution is 7.89. The molecule has 0 aliphatic carbocycles. The Bertz CT molecular complexity index is 634. The maximum atomic E-state index is 12.6. The van der Waals surface area contributed by atoms with E-state index in [0.717, 1.165) is 19.3 Å². The van der Waals surface area contributed by atoms with E-state index in [-0.39, 0.29) is 16.8 Å². The number of benzene rings is 1. The number of sulfonamides is 1. The number of carbonyl (C=O) groups excluding carboxylic acids is 1. The molecule has 1 unspecified atom stereocenters. The van der Waals surface area contributed by atoms with Crippen molar-refractivity contribution in [2.75, 3.05) is 19.6 Å². The summed E-state index contributed by atoms with van der Waals surface area (Å²) in [5, 5.41) is 0. The summed E-state index contributed by atoms with van der Waals surface area (Å²) in [4.78, 5) is 14.0. The van der Waals surface area contributed by atoms with Gasteiger partial charge in [-0.25, -0.2) is 8.42 Å². The summed E-state index contributed by atoms with van der Waals surface area (Å²) in [5.74, 6) is -0.0138. The quantitative estimate of drug-likeness (QED) is 0.720. The third-order valence-corrected chi connectivity index (χ3v) is 6.05. The fourth-order valence-electron chi connectivity index (χ4n) is 2.95. The van der Waals surface area contributed by atoms with Gasteiger partial charge in [0.1, 0.15) is 0 Å². The second kappa shape index (κ2) is 8.60. The smallest absolute Gasteiger partial charge is 0.243 e. The summed E-state index contributed by atoms with van der Waals surface area (Å²) in [6, 6.07) is 8.28. The third kappa shape index (κ3) is 4.55. The van der Waals surface area contributed by atoms with Gasteiger partial charge >= 0.3 is 0 Å². The zero-order valence-corrected chi connectivity index (χ0v) is 14.9. The van der Waals surface area contributed by atoms with E-state index in [1.165, 1.54) is 11.2 Å². The zero-order valence-electron chi connectivity index (χ0n) is 14.1. The van der Waals surface area contributed by atoms with E-state index in [1.807, 2.05) is 0 Å². The molecule has 1 saturated heterocycles. The molecule has 1 atom stereocenters. The first-order valence-corrected chi connectivity index (χ1v) is 9.78. The standard InChI is InChI=1S/C17H26N3O3S/c1-15(21)20(12-7-3-6-11-18)16-10-13-19(14-16)24(22,23)17-8-4-2-5-9-17/h2,4-5,8-9,13,16H,3,6-7,10-12,14,18H2,1H3. The van der Waals surface area contributed by atoms with Crippen LogP contribution >= 0.6 is 0 Å². The van der Waals surface area contributed by atoms with Crippen LogP contribution in [0, 0.1) is 6.54 Å². The average molecular weight is 352 g/mol. The Morgan fingerprint density at radius 3 is 2.58 bits per heavy atom. The van der Waals surface area contributed by atoms with Gasteiger partial charge in [-0.3, -0.25) is 4.79 Å². The van der Waals surface area contributed by atoms with E-state index >= 15 is 0 Å². The van der Waals surface area contributed by atoms with Crippen LogP contribution in [-0.4, -0.2) is 49.2 Å². The van der Waals surface area contributed by atoms with Crippen LogP contribution in [0.25, 0.3) is 0 Å². The van der Waals surface area contributed by atoms with Crippen LogP contribution in [0.3, 0.4) is 0 Å². The lowest BCUT2D eigenvalue weighted by Crippen LogP contribution is -2.42. The number of amides is 1. The van der Waals surface area contributed by atoms with Gasteiger partial charge in [0.2, 0.25) is 15.9 Å². The molecule has 24 heavy (non-hydrogen) atoms. The summed E-state index contributed by atoms with van der Waals surface area (Å²) in [5.41, 5.74) is 5.49. The molecular formula is C17H26N3O3S. The Labute approximate surface area is 144 Å². The largest absolute Gasteiger partial charge is 0.339 e. The maximum absolute atomic E-state index is 12.6. The second-order valence-electron chi connectivity index (χ2n) is 6.02. The van der Waals surface area contributed by atoms with E-state index in [4.69, 9.17) is 5.73 Å². The minimum atomic E-state index is -3.54. The van der Waals surface area contributed by atoms with Crippen molar-refractivity contribution in [1.29, 1.82) is 0 Å². The monoisotopic (exact) mass is 352 g/mol. The number of carbonyl (C=O) groups is 1. The Balaban J connectivity index is 2.01. The van der Waals surface area contributed by atoms with Crippen molar-refractivity contribution in [3.05, 3.63) is 36.9 Å². The van der Waals surface area contributed by atoms with Crippen molar-refractivity contribution >= 4 is 15.9 Å². The van der Waals surface area contributed by atoms with Gasteiger partial charge in [-0.2, -0.15) is 4.31 Å². The van der Waals surface area contributed by atoms with Crippen LogP contribution in [0.4, 0.5) is 0 Å². The van der Waals surface area contributed by atoms with Gasteiger partial charge in [0.05, 0.1) is 4.90 Å². The highest BCUT2D eigenvalue weighted by atomic mass is 32.2. The fraction of sp³-hybridized carbons (Fsp3) is 0.529. The summed E-state index contributed by atoms with van der Waals surface area (Å²) in [6.07, 6.45) is 3.36. The van der Waals surface area contributed by atoms with Crippen LogP contribution < -0.4 is 5.73 Å². The van der Waals surface area contributed by atoms with Crippen molar-refractivity contribution < 1.29 is 13.2 Å². The Morgan fingerprint density at radius 1 is 1.25 bits per heavy atom. The maximum Gasteiger partial charge on any atom is 0.243 e. The average Bonchev–Trinajstić information content (AvgIpc) is 3.05. The summed E-state index contributed by atoms with van der Waals surface area (Å²) < 4.78 is 26.7. The van der Waals surface area contributed by atoms with Crippen molar-refractivity contribution in [3.63, 3.8) is 0 Å². The molecule has 0 spiro atoms. The Hall–Kier alpha value is -1.44. The van der Waals surface area contributed by atoms with Crippen LogP contribution in [0.5, 0.6) is 0 Å². The molecule has 1 fully saturated rings. The molecule has 7 heteroatoms. The van der Waals surface area contributed by atoms with Gasteiger partial charge in [-0.05, 0) is 37.9 Å². The van der Waals surface area contributed by atoms with Gasteiger partial charge < -0.3 is 10.6 Å². The predicted octanol–water partition coefficient (Wildman–Crippen LogP) is 1.59. The summed E-state index contributed by atoms with van der Waals surface area (Å²) in [6.45, 7) is 4.83. The van der Waals surface area contributed by atoms with Crippen molar-refractivity contribution in [1.82, 2.24) is 9.21 Å². The number of hydrogen-bond donors (Lipinski definition) is 1.